The van der Waals surface area contributed by atoms with E-state index in [1.54, 1.807) is 0 Å². The minimum Gasteiger partial charge on any atom is -0.389 e. The summed E-state index contributed by atoms with van der Waals surface area (Å²) in [5.74, 6) is 0.712. The summed E-state index contributed by atoms with van der Waals surface area (Å²) in [7, 11) is 0. The van der Waals surface area contributed by atoms with Crippen LogP contribution in [-0.4, -0.2) is 35.4 Å². The van der Waals surface area contributed by atoms with Crippen molar-refractivity contribution < 1.29 is 9.50 Å². The molecule has 0 unspecified atom stereocenters. The maximum atomic E-state index is 13.1. The van der Waals surface area contributed by atoms with Crippen LogP contribution in [0.2, 0.25) is 0 Å². The lowest BCUT2D eigenvalue weighted by molar-refractivity contribution is -0.110. The zero-order valence-electron chi connectivity index (χ0n) is 16.2. The first-order valence-corrected chi connectivity index (χ1v) is 9.05. The van der Waals surface area contributed by atoms with E-state index < -0.39 is 12.3 Å². The van der Waals surface area contributed by atoms with Crippen LogP contribution < -0.4 is 0 Å². The van der Waals surface area contributed by atoms with Gasteiger partial charge in [-0.05, 0) is 43.2 Å². The van der Waals surface area contributed by atoms with Crippen LogP contribution in [0, 0.1) is 18.8 Å². The Morgan fingerprint density at radius 2 is 1.96 bits per heavy atom. The van der Waals surface area contributed by atoms with Crippen LogP contribution in [0.4, 0.5) is 4.39 Å². The smallest absolute Gasteiger partial charge is 0.0922 e. The minimum absolute atomic E-state index is 0. The van der Waals surface area contributed by atoms with Crippen LogP contribution in [0.15, 0.2) is 18.2 Å². The van der Waals surface area contributed by atoms with Gasteiger partial charge in [0.2, 0.25) is 0 Å². The molecule has 152 valence electrons. The van der Waals surface area contributed by atoms with Crippen molar-refractivity contribution in [2.24, 2.45) is 11.8 Å². The van der Waals surface area contributed by atoms with Gasteiger partial charge in [0.05, 0.1) is 12.3 Å². The Bertz CT molecular complexity index is 572. The van der Waals surface area contributed by atoms with Crippen molar-refractivity contribution in [1.29, 1.82) is 0 Å². The lowest BCUT2D eigenvalue weighted by Crippen LogP contribution is -2.55. The number of hydrogen-bond acceptors (Lipinski definition) is 2. The van der Waals surface area contributed by atoms with Crippen LogP contribution >= 0.6 is 40.5 Å². The lowest BCUT2D eigenvalue weighted by atomic mass is 9.70. The molecule has 6 heteroatoms. The number of alkyl halides is 1. The van der Waals surface area contributed by atoms with E-state index in [0.717, 1.165) is 25.9 Å². The number of benzene rings is 1. The fraction of sp³-hybridized carbons (Fsp3) is 0.700. The van der Waals surface area contributed by atoms with Gasteiger partial charge < -0.3 is 5.11 Å². The predicted molar refractivity (Wildman–Crippen MR) is 123 cm³/mol. The molecule has 1 aromatic carbocycles. The fourth-order valence-electron chi connectivity index (χ4n) is 4.64. The second-order valence-electron chi connectivity index (χ2n) is 8.04. The molecule has 0 aliphatic carbocycles. The van der Waals surface area contributed by atoms with Crippen LogP contribution in [0.1, 0.15) is 55.8 Å². The highest BCUT2D eigenvalue weighted by molar-refractivity contribution is 7.59. The van der Waals surface area contributed by atoms with Crippen molar-refractivity contribution >= 4 is 40.5 Å². The summed E-state index contributed by atoms with van der Waals surface area (Å²) in [5.41, 5.74) is 3.20. The van der Waals surface area contributed by atoms with E-state index in [1.165, 1.54) is 16.7 Å². The summed E-state index contributed by atoms with van der Waals surface area (Å²) in [5, 5.41) is 11.2. The zero-order chi connectivity index (χ0) is 16.6. The van der Waals surface area contributed by atoms with Crippen LogP contribution in [0.5, 0.6) is 0 Å². The van der Waals surface area contributed by atoms with Crippen molar-refractivity contribution in [3.05, 3.63) is 34.9 Å². The average molecular weight is 422 g/mol. The summed E-state index contributed by atoms with van der Waals surface area (Å²) >= 11 is 0. The first kappa shape index (κ1) is 26.1. The average Bonchev–Trinajstić information content (AvgIpc) is 2.47. The lowest BCUT2D eigenvalue weighted by Gasteiger charge is -2.51. The SMILES string of the molecule is Cc1ccc2c(c1)CCN1C[C@H](CC(C)C)[C@](O)(CC[19F])C[C@@H]21.S.S.S. The van der Waals surface area contributed by atoms with Gasteiger partial charge in [0.1, 0.15) is 0 Å². The molecule has 0 amide bonds. The molecule has 1 saturated heterocycles. The van der Waals surface area contributed by atoms with Gasteiger partial charge in [0.25, 0.3) is 0 Å². The number of rotatable bonds is 4. The highest BCUT2D eigenvalue weighted by atomic mass is 32.1. The third-order valence-electron chi connectivity index (χ3n) is 5.81. The van der Waals surface area contributed by atoms with Crippen molar-refractivity contribution in [1.82, 2.24) is 4.90 Å². The van der Waals surface area contributed by atoms with E-state index in [1.807, 2.05) is 0 Å². The number of aliphatic hydroxyl groups is 1. The third kappa shape index (κ3) is 5.34. The molecule has 0 spiro atoms. The highest BCUT2D eigenvalue weighted by Gasteiger charge is 2.47. The molecule has 2 heterocycles. The Hall–Kier alpha value is 0.120. The Kier molecular flexibility index (Phi) is 10.7. The standard InChI is InChI=1S/C20H30FNO.3H2S/c1-14(2)10-17-13-22-9-6-16-11-15(3)4-5-18(16)19(22)12-20(17,23)7-8-21;;;/h4-5,11,14,17,19,23H,6-10,12-13H2,1-3H3;3*1H2/t17-,19-,20-;;;/m0.../s1/i21+0;;;. The second kappa shape index (κ2) is 10.6. The van der Waals surface area contributed by atoms with Crippen molar-refractivity contribution in [3.8, 4) is 0 Å². The van der Waals surface area contributed by atoms with Gasteiger partial charge in [-0.1, -0.05) is 37.6 Å². The summed E-state index contributed by atoms with van der Waals surface area (Å²) in [6, 6.07) is 6.91. The maximum Gasteiger partial charge on any atom is 0.0922 e. The molecule has 3 atom stereocenters. The number of nitrogens with zero attached hydrogens (tertiary/aromatic N) is 1. The molecule has 1 fully saturated rings. The Morgan fingerprint density at radius 1 is 1.27 bits per heavy atom. The molecule has 3 rings (SSSR count). The molecule has 0 saturated carbocycles. The monoisotopic (exact) mass is 421 g/mol. The Balaban J connectivity index is 0.00000208. The maximum absolute atomic E-state index is 13.1. The van der Waals surface area contributed by atoms with Gasteiger partial charge in [-0.25, -0.2) is 0 Å². The van der Waals surface area contributed by atoms with Gasteiger partial charge in [-0.3, -0.25) is 9.29 Å². The predicted octanol–water partition coefficient (Wildman–Crippen LogP) is 4.39. The Morgan fingerprint density at radius 3 is 2.58 bits per heavy atom. The molecular weight excluding hydrogens is 385 g/mol. The number of hydrogen-bond donors (Lipinski definition) is 1. The van der Waals surface area contributed by atoms with Crippen molar-refractivity contribution in [3.63, 3.8) is 0 Å². The number of halogens is 1. The first-order chi connectivity index (χ1) is 10.9. The van der Waals surface area contributed by atoms with Gasteiger partial charge in [-0.2, -0.15) is 40.5 Å². The van der Waals surface area contributed by atoms with Crippen LogP contribution in [0.25, 0.3) is 0 Å². The van der Waals surface area contributed by atoms with Crippen LogP contribution in [-0.2, 0) is 6.42 Å². The summed E-state index contributed by atoms with van der Waals surface area (Å²) in [6.45, 7) is 8.03. The zero-order valence-corrected chi connectivity index (χ0v) is 19.2. The topological polar surface area (TPSA) is 23.5 Å². The van der Waals surface area contributed by atoms with E-state index in [4.69, 9.17) is 0 Å². The summed E-state index contributed by atoms with van der Waals surface area (Å²) in [6.07, 6.45) is 3.00. The molecule has 2 nitrogen and oxygen atoms in total. The van der Waals surface area contributed by atoms with Gasteiger partial charge in [-0.15, -0.1) is 0 Å². The summed E-state index contributed by atoms with van der Waals surface area (Å²) < 4.78 is 13.1. The van der Waals surface area contributed by atoms with E-state index in [2.05, 4.69) is 43.9 Å². The molecule has 1 N–H and O–H groups in total. The number of aryl methyl sites for hydroxylation is 1. The molecule has 26 heavy (non-hydrogen) atoms. The van der Waals surface area contributed by atoms with Gasteiger partial charge in [0.15, 0.2) is 0 Å². The van der Waals surface area contributed by atoms with Crippen molar-refractivity contribution in [2.45, 2.75) is 58.1 Å². The van der Waals surface area contributed by atoms with E-state index in [0.29, 0.717) is 12.3 Å². The second-order valence-corrected chi connectivity index (χ2v) is 8.04. The Labute approximate surface area is 179 Å². The van der Waals surface area contributed by atoms with E-state index in [9.17, 15) is 9.50 Å². The van der Waals surface area contributed by atoms with E-state index in [-0.39, 0.29) is 58.9 Å². The van der Waals surface area contributed by atoms with Gasteiger partial charge in [0, 0.05) is 31.5 Å². The molecule has 0 bridgehead atoms. The normalized spacial score (nSPS) is 27.5. The largest absolute Gasteiger partial charge is 0.389 e. The minimum atomic E-state index is -0.861. The molecule has 0 aromatic heterocycles. The van der Waals surface area contributed by atoms with Gasteiger partial charge >= 0.3 is 0 Å². The molecule has 2 aliphatic rings. The number of fused-ring (bicyclic) bond motifs is 3. The summed E-state index contributed by atoms with van der Waals surface area (Å²) in [4.78, 5) is 2.53. The molecule has 2 aliphatic heterocycles. The van der Waals surface area contributed by atoms with Crippen LogP contribution in [0.3, 0.4) is 0 Å². The molecular formula is C20H36FNOS3. The van der Waals surface area contributed by atoms with Crippen molar-refractivity contribution in [2.75, 3.05) is 19.8 Å². The quantitative estimate of drug-likeness (QED) is 0.779. The third-order valence-corrected chi connectivity index (χ3v) is 5.81. The highest BCUT2D eigenvalue weighted by Crippen LogP contribution is 2.46. The number of piperidine rings is 1. The first-order valence-electron chi connectivity index (χ1n) is 9.05. The molecule has 0 radical (unpaired) electrons. The molecule has 1 aromatic rings. The van der Waals surface area contributed by atoms with E-state index >= 15 is 0 Å². The fourth-order valence-corrected chi connectivity index (χ4v) is 4.64.